The van der Waals surface area contributed by atoms with E-state index in [0.29, 0.717) is 12.8 Å². The molecule has 1 saturated heterocycles. The maximum atomic E-state index is 12.4. The molecule has 0 radical (unpaired) electrons. The third kappa shape index (κ3) is 2.62. The summed E-state index contributed by atoms with van der Waals surface area (Å²) in [4.78, 5) is 26.2. The predicted molar refractivity (Wildman–Crippen MR) is 74.9 cm³/mol. The van der Waals surface area contributed by atoms with E-state index in [2.05, 4.69) is 0 Å². The van der Waals surface area contributed by atoms with Gasteiger partial charge < -0.3 is 5.11 Å². The molecule has 1 aliphatic heterocycles. The first-order valence-corrected chi connectivity index (χ1v) is 8.08. The molecule has 2 aliphatic carbocycles. The third-order valence-corrected chi connectivity index (χ3v) is 5.56. The zero-order valence-corrected chi connectivity index (χ0v) is 12.2. The Balaban J connectivity index is 1.69. The minimum absolute atomic E-state index is 0.0523. The van der Waals surface area contributed by atoms with Crippen LogP contribution in [0.15, 0.2) is 0 Å². The molecule has 2 saturated carbocycles. The maximum absolute atomic E-state index is 12.4. The molecule has 1 heterocycles. The van der Waals surface area contributed by atoms with Crippen molar-refractivity contribution in [1.82, 2.24) is 4.90 Å². The van der Waals surface area contributed by atoms with Gasteiger partial charge in [-0.2, -0.15) is 0 Å². The van der Waals surface area contributed by atoms with E-state index >= 15 is 0 Å². The van der Waals surface area contributed by atoms with E-state index in [9.17, 15) is 14.7 Å². The molecule has 0 bridgehead atoms. The summed E-state index contributed by atoms with van der Waals surface area (Å²) in [5, 5.41) is 10.4. The van der Waals surface area contributed by atoms with Crippen molar-refractivity contribution in [3.63, 3.8) is 0 Å². The fourth-order valence-electron chi connectivity index (χ4n) is 4.35. The van der Waals surface area contributed by atoms with Gasteiger partial charge in [-0.05, 0) is 31.1 Å². The number of nitrogens with zero attached hydrogens (tertiary/aromatic N) is 1. The quantitative estimate of drug-likeness (QED) is 0.790. The first-order chi connectivity index (χ1) is 9.52. The van der Waals surface area contributed by atoms with Gasteiger partial charge in [0.1, 0.15) is 0 Å². The second kappa shape index (κ2) is 5.14. The molecule has 0 unspecified atom stereocenters. The van der Waals surface area contributed by atoms with Crippen LogP contribution in [0.4, 0.5) is 0 Å². The largest absolute Gasteiger partial charge is 0.388 e. The smallest absolute Gasteiger partial charge is 0.229 e. The highest BCUT2D eigenvalue weighted by Gasteiger charge is 2.46. The van der Waals surface area contributed by atoms with Crippen LogP contribution in [0.1, 0.15) is 70.6 Å². The molecule has 20 heavy (non-hydrogen) atoms. The van der Waals surface area contributed by atoms with Gasteiger partial charge in [0.25, 0.3) is 0 Å². The number of amides is 2. The summed E-state index contributed by atoms with van der Waals surface area (Å²) in [5.41, 5.74) is -0.871. The average Bonchev–Trinajstić information content (AvgIpc) is 2.82. The lowest BCUT2D eigenvalue weighted by Crippen LogP contribution is -2.53. The minimum atomic E-state index is -0.817. The number of hydrogen-bond donors (Lipinski definition) is 1. The van der Waals surface area contributed by atoms with E-state index in [1.54, 1.807) is 0 Å². The van der Waals surface area contributed by atoms with Gasteiger partial charge in [-0.25, -0.2) is 0 Å². The van der Waals surface area contributed by atoms with Crippen LogP contribution in [-0.4, -0.2) is 34.0 Å². The monoisotopic (exact) mass is 279 g/mol. The van der Waals surface area contributed by atoms with Crippen molar-refractivity contribution in [2.24, 2.45) is 5.41 Å². The molecule has 2 amide bonds. The molecule has 3 rings (SSSR count). The summed E-state index contributed by atoms with van der Waals surface area (Å²) in [5.74, 6) is -0.105. The second-order valence-electron chi connectivity index (χ2n) is 7.22. The average molecular weight is 279 g/mol. The first kappa shape index (κ1) is 14.1. The lowest BCUT2D eigenvalue weighted by Gasteiger charge is -2.43. The molecule has 3 aliphatic rings. The molecule has 4 nitrogen and oxygen atoms in total. The Labute approximate surface area is 120 Å². The van der Waals surface area contributed by atoms with Crippen molar-refractivity contribution in [3.05, 3.63) is 0 Å². The Morgan fingerprint density at radius 3 is 1.90 bits per heavy atom. The summed E-state index contributed by atoms with van der Waals surface area (Å²) in [6.45, 7) is 0.223. The van der Waals surface area contributed by atoms with Gasteiger partial charge in [0.2, 0.25) is 11.8 Å². The Morgan fingerprint density at radius 2 is 1.35 bits per heavy atom. The molecule has 4 heteroatoms. The zero-order chi connectivity index (χ0) is 14.2. The SMILES string of the molecule is O=C1CC2(CCCCC2)CC(=O)N1CC1(O)CCCC1. The Hall–Kier alpha value is -0.900. The number of rotatable bonds is 2. The highest BCUT2D eigenvalue weighted by molar-refractivity contribution is 5.98. The molecule has 1 N–H and O–H groups in total. The molecular formula is C16H25NO3. The van der Waals surface area contributed by atoms with Crippen LogP contribution in [0, 0.1) is 5.41 Å². The predicted octanol–water partition coefficient (Wildman–Crippen LogP) is 2.39. The van der Waals surface area contributed by atoms with E-state index in [1.165, 1.54) is 11.3 Å². The number of carbonyl (C=O) groups is 2. The van der Waals surface area contributed by atoms with Crippen LogP contribution in [0.3, 0.4) is 0 Å². The van der Waals surface area contributed by atoms with Gasteiger partial charge in [-0.3, -0.25) is 14.5 Å². The van der Waals surface area contributed by atoms with Crippen molar-refractivity contribution in [2.45, 2.75) is 76.2 Å². The van der Waals surface area contributed by atoms with Gasteiger partial charge in [-0.1, -0.05) is 32.1 Å². The van der Waals surface area contributed by atoms with Crippen LogP contribution >= 0.6 is 0 Å². The molecule has 112 valence electrons. The fourth-order valence-corrected chi connectivity index (χ4v) is 4.35. The fraction of sp³-hybridized carbons (Fsp3) is 0.875. The normalized spacial score (nSPS) is 29.1. The number of aliphatic hydroxyl groups is 1. The highest BCUT2D eigenvalue weighted by atomic mass is 16.3. The number of carbonyl (C=O) groups excluding carboxylic acids is 2. The van der Waals surface area contributed by atoms with Crippen molar-refractivity contribution in [1.29, 1.82) is 0 Å². The first-order valence-electron chi connectivity index (χ1n) is 8.08. The standard InChI is InChI=1S/C16H25NO3/c18-13-10-15(6-2-1-3-7-15)11-14(19)17(13)12-16(20)8-4-5-9-16/h20H,1-12H2. The summed E-state index contributed by atoms with van der Waals surface area (Å²) < 4.78 is 0. The van der Waals surface area contributed by atoms with Crippen LogP contribution in [0.25, 0.3) is 0 Å². The van der Waals surface area contributed by atoms with Gasteiger partial charge in [0.05, 0.1) is 12.1 Å². The molecule has 0 atom stereocenters. The van der Waals surface area contributed by atoms with Crippen LogP contribution < -0.4 is 0 Å². The van der Waals surface area contributed by atoms with Gasteiger partial charge in [0, 0.05) is 12.8 Å². The van der Waals surface area contributed by atoms with Crippen LogP contribution in [0.2, 0.25) is 0 Å². The molecule has 3 fully saturated rings. The highest BCUT2D eigenvalue weighted by Crippen LogP contribution is 2.45. The number of likely N-dealkylation sites (tertiary alicyclic amines) is 1. The van der Waals surface area contributed by atoms with Crippen LogP contribution in [-0.2, 0) is 9.59 Å². The van der Waals surface area contributed by atoms with Crippen molar-refractivity contribution >= 4 is 11.8 Å². The van der Waals surface area contributed by atoms with E-state index in [0.717, 1.165) is 51.4 Å². The van der Waals surface area contributed by atoms with Gasteiger partial charge in [-0.15, -0.1) is 0 Å². The van der Waals surface area contributed by atoms with Crippen molar-refractivity contribution in [3.8, 4) is 0 Å². The maximum Gasteiger partial charge on any atom is 0.229 e. The van der Waals surface area contributed by atoms with Gasteiger partial charge >= 0.3 is 0 Å². The van der Waals surface area contributed by atoms with E-state index < -0.39 is 5.60 Å². The molecule has 0 aromatic rings. The second-order valence-corrected chi connectivity index (χ2v) is 7.22. The van der Waals surface area contributed by atoms with Crippen LogP contribution in [0.5, 0.6) is 0 Å². The number of piperidine rings is 1. The summed E-state index contributed by atoms with van der Waals surface area (Å²) in [6, 6.07) is 0. The number of hydrogen-bond acceptors (Lipinski definition) is 3. The summed E-state index contributed by atoms with van der Waals surface area (Å²) >= 11 is 0. The molecule has 0 aromatic heterocycles. The summed E-state index contributed by atoms with van der Waals surface area (Å²) in [7, 11) is 0. The lowest BCUT2D eigenvalue weighted by molar-refractivity contribution is -0.158. The zero-order valence-electron chi connectivity index (χ0n) is 12.2. The third-order valence-electron chi connectivity index (χ3n) is 5.56. The van der Waals surface area contributed by atoms with E-state index in [1.807, 2.05) is 0 Å². The molecule has 0 aromatic carbocycles. The van der Waals surface area contributed by atoms with Gasteiger partial charge in [0.15, 0.2) is 0 Å². The Kier molecular flexibility index (Phi) is 3.61. The van der Waals surface area contributed by atoms with E-state index in [4.69, 9.17) is 0 Å². The van der Waals surface area contributed by atoms with E-state index in [-0.39, 0.29) is 23.8 Å². The minimum Gasteiger partial charge on any atom is -0.388 e. The topological polar surface area (TPSA) is 57.6 Å². The molecular weight excluding hydrogens is 254 g/mol. The Morgan fingerprint density at radius 1 is 0.850 bits per heavy atom. The van der Waals surface area contributed by atoms with Crippen molar-refractivity contribution in [2.75, 3.05) is 6.54 Å². The lowest BCUT2D eigenvalue weighted by atomic mass is 9.67. The van der Waals surface area contributed by atoms with Crippen molar-refractivity contribution < 1.29 is 14.7 Å². The Bertz CT molecular complexity index is 386. The molecule has 1 spiro atoms. The summed E-state index contributed by atoms with van der Waals surface area (Å²) in [6.07, 6.45) is 10.00. The number of imide groups is 1. The number of β-amino-alcohol motifs (C(OH)–C–C–N with tert-alkyl or cyclic N) is 1.